The van der Waals surface area contributed by atoms with Crippen molar-refractivity contribution < 1.29 is 24.2 Å². The molecule has 1 atom stereocenters. The van der Waals surface area contributed by atoms with E-state index in [1.54, 1.807) is 30.3 Å². The largest absolute Gasteiger partial charge is 0.507 e. The van der Waals surface area contributed by atoms with Crippen LogP contribution in [0.4, 0.5) is 0 Å². The zero-order valence-corrected chi connectivity index (χ0v) is 12.3. The molecule has 0 aromatic heterocycles. The van der Waals surface area contributed by atoms with Crippen molar-refractivity contribution in [2.24, 2.45) is 0 Å². The van der Waals surface area contributed by atoms with E-state index in [2.05, 4.69) is 0 Å². The van der Waals surface area contributed by atoms with Crippen molar-refractivity contribution >= 4 is 11.8 Å². The SMILES string of the molecule is COC(OC(C)=O)c1ccc(C(=O)c2ccccc2)c(O)c1. The third kappa shape index (κ3) is 3.51. The quantitative estimate of drug-likeness (QED) is 0.522. The topological polar surface area (TPSA) is 72.8 Å². The molecule has 0 fully saturated rings. The fourth-order valence-corrected chi connectivity index (χ4v) is 2.04. The van der Waals surface area contributed by atoms with Crippen LogP contribution in [-0.4, -0.2) is 24.0 Å². The number of carbonyl (C=O) groups excluding carboxylic acids is 2. The van der Waals surface area contributed by atoms with E-state index in [4.69, 9.17) is 9.47 Å². The molecule has 2 aromatic carbocycles. The highest BCUT2D eigenvalue weighted by atomic mass is 16.7. The van der Waals surface area contributed by atoms with Crippen molar-refractivity contribution in [2.75, 3.05) is 7.11 Å². The van der Waals surface area contributed by atoms with Crippen molar-refractivity contribution in [2.45, 2.75) is 13.2 Å². The van der Waals surface area contributed by atoms with Crippen molar-refractivity contribution in [1.29, 1.82) is 0 Å². The molecule has 0 aliphatic carbocycles. The van der Waals surface area contributed by atoms with Crippen molar-refractivity contribution in [3.05, 3.63) is 65.2 Å². The van der Waals surface area contributed by atoms with Gasteiger partial charge in [-0.15, -0.1) is 0 Å². The standard InChI is InChI=1S/C17H16O5/c1-11(18)22-17(21-2)13-8-9-14(15(19)10-13)16(20)12-6-4-3-5-7-12/h3-10,17,19H,1-2H3. The lowest BCUT2D eigenvalue weighted by atomic mass is 10.0. The molecule has 1 unspecified atom stereocenters. The Morgan fingerprint density at radius 3 is 2.32 bits per heavy atom. The third-order valence-electron chi connectivity index (χ3n) is 3.06. The van der Waals surface area contributed by atoms with Crippen LogP contribution in [0.5, 0.6) is 5.75 Å². The summed E-state index contributed by atoms with van der Waals surface area (Å²) >= 11 is 0. The average Bonchev–Trinajstić information content (AvgIpc) is 2.52. The van der Waals surface area contributed by atoms with Gasteiger partial charge in [0.1, 0.15) is 5.75 Å². The van der Waals surface area contributed by atoms with Gasteiger partial charge >= 0.3 is 5.97 Å². The van der Waals surface area contributed by atoms with Crippen LogP contribution in [0, 0.1) is 0 Å². The number of esters is 1. The second-order valence-corrected chi connectivity index (χ2v) is 4.65. The first-order chi connectivity index (χ1) is 10.5. The Hall–Kier alpha value is -2.66. The highest BCUT2D eigenvalue weighted by Crippen LogP contribution is 2.27. The number of methoxy groups -OCH3 is 1. The lowest BCUT2D eigenvalue weighted by Crippen LogP contribution is -2.11. The Bertz CT molecular complexity index is 679. The molecule has 0 aliphatic heterocycles. The minimum atomic E-state index is -0.927. The fraction of sp³-hybridized carbons (Fsp3) is 0.176. The summed E-state index contributed by atoms with van der Waals surface area (Å²) in [6.45, 7) is 1.26. The predicted octanol–water partition coefficient (Wildman–Crippen LogP) is 2.83. The van der Waals surface area contributed by atoms with E-state index in [-0.39, 0.29) is 17.1 Å². The van der Waals surface area contributed by atoms with Gasteiger partial charge in [-0.05, 0) is 12.1 Å². The monoisotopic (exact) mass is 300 g/mol. The van der Waals surface area contributed by atoms with Crippen molar-refractivity contribution in [3.63, 3.8) is 0 Å². The third-order valence-corrected chi connectivity index (χ3v) is 3.06. The van der Waals surface area contributed by atoms with E-state index < -0.39 is 12.3 Å². The Kier molecular flexibility index (Phi) is 4.91. The number of hydrogen-bond acceptors (Lipinski definition) is 5. The van der Waals surface area contributed by atoms with Crippen LogP contribution in [0.1, 0.15) is 34.7 Å². The Balaban J connectivity index is 2.30. The molecular weight excluding hydrogens is 284 g/mol. The molecule has 2 rings (SSSR count). The van der Waals surface area contributed by atoms with Crippen LogP contribution in [0.25, 0.3) is 0 Å². The summed E-state index contributed by atoms with van der Waals surface area (Å²) in [6.07, 6.45) is -0.927. The van der Waals surface area contributed by atoms with E-state index >= 15 is 0 Å². The first kappa shape index (κ1) is 15.7. The predicted molar refractivity (Wildman–Crippen MR) is 79.5 cm³/mol. The second kappa shape index (κ2) is 6.87. The lowest BCUT2D eigenvalue weighted by molar-refractivity contribution is -0.172. The van der Waals surface area contributed by atoms with Gasteiger partial charge in [-0.25, -0.2) is 0 Å². The van der Waals surface area contributed by atoms with Gasteiger partial charge in [0.25, 0.3) is 0 Å². The molecule has 0 saturated carbocycles. The number of rotatable bonds is 5. The number of carbonyl (C=O) groups is 2. The van der Waals surface area contributed by atoms with Gasteiger partial charge in [-0.3, -0.25) is 9.59 Å². The van der Waals surface area contributed by atoms with Gasteiger partial charge in [0, 0.05) is 25.2 Å². The summed E-state index contributed by atoms with van der Waals surface area (Å²) in [6, 6.07) is 13.1. The summed E-state index contributed by atoms with van der Waals surface area (Å²) in [5.41, 5.74) is 1.10. The van der Waals surface area contributed by atoms with Gasteiger partial charge in [0.2, 0.25) is 6.29 Å². The number of phenols is 1. The van der Waals surface area contributed by atoms with Gasteiger partial charge < -0.3 is 14.6 Å². The molecule has 0 bridgehead atoms. The molecule has 5 heteroatoms. The van der Waals surface area contributed by atoms with E-state index in [0.717, 1.165) is 0 Å². The number of phenolic OH excluding ortho intramolecular Hbond substituents is 1. The molecule has 22 heavy (non-hydrogen) atoms. The van der Waals surface area contributed by atoms with Crippen molar-refractivity contribution in [1.82, 2.24) is 0 Å². The summed E-state index contributed by atoms with van der Waals surface area (Å²) in [5.74, 6) is -0.984. The van der Waals surface area contributed by atoms with Gasteiger partial charge in [-0.2, -0.15) is 0 Å². The van der Waals surface area contributed by atoms with Crippen LogP contribution in [0.3, 0.4) is 0 Å². The molecular formula is C17H16O5. The van der Waals surface area contributed by atoms with Crippen LogP contribution < -0.4 is 0 Å². The summed E-state index contributed by atoms with van der Waals surface area (Å²) < 4.78 is 10.0. The number of aromatic hydroxyl groups is 1. The number of benzene rings is 2. The Labute approximate surface area is 128 Å². The van der Waals surface area contributed by atoms with E-state index in [0.29, 0.717) is 11.1 Å². The highest BCUT2D eigenvalue weighted by molar-refractivity contribution is 6.10. The van der Waals surface area contributed by atoms with Crippen LogP contribution >= 0.6 is 0 Å². The maximum atomic E-state index is 12.3. The maximum absolute atomic E-state index is 12.3. The molecule has 0 amide bonds. The molecule has 0 saturated heterocycles. The van der Waals surface area contributed by atoms with Gasteiger partial charge in [-0.1, -0.05) is 36.4 Å². The minimum Gasteiger partial charge on any atom is -0.507 e. The molecule has 0 spiro atoms. The number of hydrogen-bond donors (Lipinski definition) is 1. The summed E-state index contributed by atoms with van der Waals surface area (Å²) in [5, 5.41) is 10.1. The van der Waals surface area contributed by atoms with E-state index in [1.807, 2.05) is 6.07 Å². The summed E-state index contributed by atoms with van der Waals surface area (Å²) in [4.78, 5) is 23.3. The smallest absolute Gasteiger partial charge is 0.305 e. The fourth-order valence-electron chi connectivity index (χ4n) is 2.04. The van der Waals surface area contributed by atoms with Gasteiger partial charge in [0.15, 0.2) is 5.78 Å². The zero-order valence-electron chi connectivity index (χ0n) is 12.3. The number of ether oxygens (including phenoxy) is 2. The summed E-state index contributed by atoms with van der Waals surface area (Å²) in [7, 11) is 1.38. The van der Waals surface area contributed by atoms with E-state index in [1.165, 1.54) is 26.2 Å². The van der Waals surface area contributed by atoms with Crippen LogP contribution in [0.15, 0.2) is 48.5 Å². The molecule has 1 N–H and O–H groups in total. The first-order valence-corrected chi connectivity index (χ1v) is 6.65. The van der Waals surface area contributed by atoms with Gasteiger partial charge in [0.05, 0.1) is 5.56 Å². The highest BCUT2D eigenvalue weighted by Gasteiger charge is 2.18. The maximum Gasteiger partial charge on any atom is 0.305 e. The zero-order chi connectivity index (χ0) is 16.1. The van der Waals surface area contributed by atoms with E-state index in [9.17, 15) is 14.7 Å². The lowest BCUT2D eigenvalue weighted by Gasteiger charge is -2.16. The van der Waals surface area contributed by atoms with Crippen LogP contribution in [0.2, 0.25) is 0 Å². The molecule has 0 radical (unpaired) electrons. The normalized spacial score (nSPS) is 11.7. The minimum absolute atomic E-state index is 0.174. The molecule has 5 nitrogen and oxygen atoms in total. The molecule has 114 valence electrons. The Morgan fingerprint density at radius 2 is 1.77 bits per heavy atom. The number of ketones is 1. The molecule has 0 aliphatic rings. The van der Waals surface area contributed by atoms with Crippen molar-refractivity contribution in [3.8, 4) is 5.75 Å². The van der Waals surface area contributed by atoms with Crippen LogP contribution in [-0.2, 0) is 14.3 Å². The second-order valence-electron chi connectivity index (χ2n) is 4.65. The average molecular weight is 300 g/mol. The first-order valence-electron chi connectivity index (χ1n) is 6.65. The Morgan fingerprint density at radius 1 is 1.09 bits per heavy atom. The molecule has 2 aromatic rings. The molecule has 0 heterocycles.